The summed E-state index contributed by atoms with van der Waals surface area (Å²) >= 11 is 8.91. The number of thiazole rings is 1. The summed E-state index contributed by atoms with van der Waals surface area (Å²) in [5.74, 6) is 0.513. The van der Waals surface area contributed by atoms with Crippen molar-refractivity contribution in [2.75, 3.05) is 25.5 Å². The number of rotatable bonds is 12. The maximum atomic E-state index is 10.9. The predicted octanol–water partition coefficient (Wildman–Crippen LogP) is 6.04. The van der Waals surface area contributed by atoms with Gasteiger partial charge in [0.05, 0.1) is 11.3 Å². The molecule has 0 unspecified atom stereocenters. The Balaban J connectivity index is 1.55. The minimum atomic E-state index is -0.930. The molecule has 0 amide bonds. The quantitative estimate of drug-likeness (QED) is 0.129. The number of carboxylic acids is 1. The van der Waals surface area contributed by atoms with Crippen LogP contribution in [0.3, 0.4) is 0 Å². The van der Waals surface area contributed by atoms with Crippen LogP contribution in [0.2, 0.25) is 5.02 Å². The van der Waals surface area contributed by atoms with Crippen LogP contribution in [0.15, 0.2) is 58.9 Å². The number of hydrogen-bond donors (Lipinski definition) is 3. The van der Waals surface area contributed by atoms with E-state index in [2.05, 4.69) is 27.8 Å². The molecule has 4 rings (SSSR count). The number of aliphatic carboxylic acids is 1. The van der Waals surface area contributed by atoms with Crippen LogP contribution in [0.5, 0.6) is 5.75 Å². The molecular weight excluding hydrogens is 580 g/mol. The van der Waals surface area contributed by atoms with Crippen molar-refractivity contribution in [3.63, 3.8) is 0 Å². The highest BCUT2D eigenvalue weighted by molar-refractivity contribution is 7.98. The molecule has 12 heteroatoms. The number of aromatic nitrogens is 2. The van der Waals surface area contributed by atoms with Crippen molar-refractivity contribution in [2.45, 2.75) is 23.7 Å². The Morgan fingerprint density at radius 2 is 1.78 bits per heavy atom. The number of nitrogens with one attached hydrogen (secondary N) is 2. The number of hydrogen-bond acceptors (Lipinski definition) is 10. The monoisotopic (exact) mass is 604 g/mol. The van der Waals surface area contributed by atoms with E-state index in [0.29, 0.717) is 50.6 Å². The Labute approximate surface area is 250 Å². The SMILES string of the molecule is CNc1nc(SCc2csc(-c3ccc(Cl)cc3)n2)c(C#N)c(-c2ccc(OCCN[C@@H](C)C(=O)O)cc2)c1C#N. The Morgan fingerprint density at radius 1 is 1.10 bits per heavy atom. The molecule has 0 saturated heterocycles. The second-order valence-electron chi connectivity index (χ2n) is 8.69. The van der Waals surface area contributed by atoms with Crippen molar-refractivity contribution in [1.82, 2.24) is 15.3 Å². The van der Waals surface area contributed by atoms with Crippen molar-refractivity contribution in [1.29, 1.82) is 10.5 Å². The van der Waals surface area contributed by atoms with Crippen molar-refractivity contribution in [3.05, 3.63) is 75.8 Å². The lowest BCUT2D eigenvalue weighted by atomic mass is 9.96. The average molecular weight is 605 g/mol. The second-order valence-corrected chi connectivity index (χ2v) is 10.9. The molecule has 2 aromatic heterocycles. The van der Waals surface area contributed by atoms with Gasteiger partial charge < -0.3 is 20.5 Å². The third-order valence-electron chi connectivity index (χ3n) is 5.96. The van der Waals surface area contributed by atoms with Gasteiger partial charge >= 0.3 is 5.97 Å². The highest BCUT2D eigenvalue weighted by Crippen LogP contribution is 2.38. The number of nitriles is 2. The lowest BCUT2D eigenvalue weighted by molar-refractivity contribution is -0.139. The number of carboxylic acid groups (broad SMARTS) is 1. The number of nitrogens with zero attached hydrogens (tertiary/aromatic N) is 4. The average Bonchev–Trinajstić information content (AvgIpc) is 3.46. The number of ether oxygens (including phenoxy) is 1. The Morgan fingerprint density at radius 3 is 2.41 bits per heavy atom. The zero-order valence-electron chi connectivity index (χ0n) is 22.1. The summed E-state index contributed by atoms with van der Waals surface area (Å²) < 4.78 is 5.71. The summed E-state index contributed by atoms with van der Waals surface area (Å²) in [5, 5.41) is 38.9. The number of carbonyl (C=O) groups is 1. The first-order valence-electron chi connectivity index (χ1n) is 12.4. The van der Waals surface area contributed by atoms with Crippen LogP contribution in [-0.4, -0.2) is 47.3 Å². The van der Waals surface area contributed by atoms with E-state index in [1.807, 2.05) is 29.6 Å². The predicted molar refractivity (Wildman–Crippen MR) is 161 cm³/mol. The number of benzene rings is 2. The molecule has 0 aliphatic heterocycles. The highest BCUT2D eigenvalue weighted by Gasteiger charge is 2.22. The fraction of sp³-hybridized carbons (Fsp3) is 0.207. The molecule has 41 heavy (non-hydrogen) atoms. The van der Waals surface area contributed by atoms with Gasteiger partial charge in [0.2, 0.25) is 0 Å². The third kappa shape index (κ3) is 7.34. The van der Waals surface area contributed by atoms with Crippen molar-refractivity contribution < 1.29 is 14.6 Å². The number of anilines is 1. The molecule has 4 aromatic rings. The first-order chi connectivity index (χ1) is 19.8. The highest BCUT2D eigenvalue weighted by atomic mass is 35.5. The first-order valence-corrected chi connectivity index (χ1v) is 14.7. The van der Waals surface area contributed by atoms with E-state index in [4.69, 9.17) is 26.4 Å². The minimum absolute atomic E-state index is 0.271. The molecule has 1 atom stereocenters. The van der Waals surface area contributed by atoms with E-state index in [1.54, 1.807) is 38.2 Å². The zero-order chi connectivity index (χ0) is 29.4. The second kappa shape index (κ2) is 14.0. The minimum Gasteiger partial charge on any atom is -0.492 e. The zero-order valence-corrected chi connectivity index (χ0v) is 24.5. The van der Waals surface area contributed by atoms with E-state index in [-0.39, 0.29) is 12.2 Å². The summed E-state index contributed by atoms with van der Waals surface area (Å²) in [6.07, 6.45) is 0. The summed E-state index contributed by atoms with van der Waals surface area (Å²) in [5.41, 5.74) is 3.55. The summed E-state index contributed by atoms with van der Waals surface area (Å²) in [7, 11) is 1.68. The first kappa shape index (κ1) is 29.8. The third-order valence-corrected chi connectivity index (χ3v) is 8.16. The molecule has 2 heterocycles. The van der Waals surface area contributed by atoms with E-state index < -0.39 is 12.0 Å². The summed E-state index contributed by atoms with van der Waals surface area (Å²) in [6, 6.07) is 18.3. The van der Waals surface area contributed by atoms with Gasteiger partial charge in [-0.2, -0.15) is 10.5 Å². The molecule has 208 valence electrons. The molecule has 0 fully saturated rings. The molecule has 0 radical (unpaired) electrons. The van der Waals surface area contributed by atoms with Crippen LogP contribution in [0.1, 0.15) is 23.7 Å². The van der Waals surface area contributed by atoms with Crippen molar-refractivity contribution in [3.8, 4) is 39.6 Å². The van der Waals surface area contributed by atoms with Crippen LogP contribution < -0.4 is 15.4 Å². The van der Waals surface area contributed by atoms with Gasteiger partial charge in [-0.3, -0.25) is 4.79 Å². The molecule has 0 aliphatic carbocycles. The smallest absolute Gasteiger partial charge is 0.320 e. The maximum Gasteiger partial charge on any atom is 0.320 e. The molecule has 2 aromatic carbocycles. The number of thioether (sulfide) groups is 1. The standard InChI is InChI=1S/C29H25ClN6O3S2/c1-17(29(37)38)34-11-12-39-22-9-5-18(6-10-22)25-23(13-31)26(33-2)36-28(24(25)14-32)41-16-21-15-40-27(35-21)19-3-7-20(30)8-4-19/h3-10,15,17,34H,11-12,16H2,1-2H3,(H,33,36)(H,37,38)/t17-/m0/s1. The van der Waals surface area contributed by atoms with Crippen LogP contribution >= 0.6 is 34.7 Å². The Hall–Kier alpha value is -4.13. The molecular formula is C29H25ClN6O3S2. The molecule has 0 saturated carbocycles. The van der Waals surface area contributed by atoms with Crippen LogP contribution in [-0.2, 0) is 10.5 Å². The number of pyridine rings is 1. The van der Waals surface area contributed by atoms with Crippen LogP contribution in [0, 0.1) is 22.7 Å². The maximum absolute atomic E-state index is 10.9. The molecule has 0 spiro atoms. The van der Waals surface area contributed by atoms with Gasteiger partial charge in [0.25, 0.3) is 0 Å². The normalized spacial score (nSPS) is 11.3. The van der Waals surface area contributed by atoms with E-state index in [1.165, 1.54) is 23.1 Å². The lowest BCUT2D eigenvalue weighted by Crippen LogP contribution is -2.36. The molecule has 3 N–H and O–H groups in total. The van der Waals surface area contributed by atoms with Gasteiger partial charge in [-0.05, 0) is 36.8 Å². The largest absolute Gasteiger partial charge is 0.492 e. The molecule has 0 bridgehead atoms. The van der Waals surface area contributed by atoms with Crippen molar-refractivity contribution in [2.24, 2.45) is 0 Å². The lowest BCUT2D eigenvalue weighted by Gasteiger charge is -2.15. The van der Waals surface area contributed by atoms with E-state index >= 15 is 0 Å². The number of halogens is 1. The van der Waals surface area contributed by atoms with Gasteiger partial charge in [-0.1, -0.05) is 47.6 Å². The van der Waals surface area contributed by atoms with Crippen molar-refractivity contribution >= 4 is 46.5 Å². The van der Waals surface area contributed by atoms with Gasteiger partial charge in [-0.15, -0.1) is 11.3 Å². The summed E-state index contributed by atoms with van der Waals surface area (Å²) in [4.78, 5) is 20.2. The Bertz CT molecular complexity index is 1610. The van der Waals surface area contributed by atoms with Gasteiger partial charge in [0, 0.05) is 40.9 Å². The topological polar surface area (TPSA) is 144 Å². The fourth-order valence-corrected chi connectivity index (χ4v) is 5.78. The fourth-order valence-electron chi connectivity index (χ4n) is 3.84. The Kier molecular flexibility index (Phi) is 10.2. The van der Waals surface area contributed by atoms with Gasteiger partial charge in [0.1, 0.15) is 52.0 Å². The van der Waals surface area contributed by atoms with Gasteiger partial charge in [0.15, 0.2) is 0 Å². The molecule has 0 aliphatic rings. The van der Waals surface area contributed by atoms with Crippen LogP contribution in [0.25, 0.3) is 21.7 Å². The van der Waals surface area contributed by atoms with Gasteiger partial charge in [-0.25, -0.2) is 9.97 Å². The molecule has 9 nitrogen and oxygen atoms in total. The van der Waals surface area contributed by atoms with E-state index in [9.17, 15) is 15.3 Å². The summed E-state index contributed by atoms with van der Waals surface area (Å²) in [6.45, 7) is 2.20. The van der Waals surface area contributed by atoms with Crippen LogP contribution in [0.4, 0.5) is 5.82 Å². The van der Waals surface area contributed by atoms with E-state index in [0.717, 1.165) is 16.3 Å².